The lowest BCUT2D eigenvalue weighted by Gasteiger charge is -2.11. The quantitative estimate of drug-likeness (QED) is 0.830. The molecule has 0 fully saturated rings. The van der Waals surface area contributed by atoms with Crippen LogP contribution in [0.5, 0.6) is 5.75 Å². The lowest BCUT2D eigenvalue weighted by molar-refractivity contribution is 0.222. The summed E-state index contributed by atoms with van der Waals surface area (Å²) < 4.78 is 19.1. The normalized spacial score (nSPS) is 11.9. The zero-order valence-corrected chi connectivity index (χ0v) is 10.4. The summed E-state index contributed by atoms with van der Waals surface area (Å²) in [5.41, 5.74) is 1.19. The number of hydrogen-bond acceptors (Lipinski definition) is 2. The molecule has 0 amide bonds. The Morgan fingerprint density at radius 1 is 1.21 bits per heavy atom. The van der Waals surface area contributed by atoms with Crippen LogP contribution in [0.25, 0.3) is 0 Å². The summed E-state index contributed by atoms with van der Waals surface area (Å²) in [5, 5.41) is 9.61. The largest absolute Gasteiger partial charge is 0.489 e. The molecule has 0 radical (unpaired) electrons. The first kappa shape index (κ1) is 13.3. The van der Waals surface area contributed by atoms with Crippen LogP contribution in [0.4, 0.5) is 4.39 Å². The van der Waals surface area contributed by atoms with E-state index in [-0.39, 0.29) is 5.56 Å². The molecular formula is C16H15FO2. The Kier molecular flexibility index (Phi) is 4.31. The van der Waals surface area contributed by atoms with Crippen LogP contribution in [0, 0.1) is 5.82 Å². The summed E-state index contributed by atoms with van der Waals surface area (Å²) in [6.07, 6.45) is 0.250. The summed E-state index contributed by atoms with van der Waals surface area (Å²) in [6, 6.07) is 14.0. The van der Waals surface area contributed by atoms with E-state index >= 15 is 0 Å². The molecule has 98 valence electrons. The molecule has 2 nitrogen and oxygen atoms in total. The van der Waals surface area contributed by atoms with Crippen LogP contribution in [0.2, 0.25) is 0 Å². The van der Waals surface area contributed by atoms with Crippen molar-refractivity contribution >= 4 is 0 Å². The minimum atomic E-state index is -1.03. The predicted molar refractivity (Wildman–Crippen MR) is 72.3 cm³/mol. The minimum Gasteiger partial charge on any atom is -0.489 e. The molecule has 1 unspecified atom stereocenters. The summed E-state index contributed by atoms with van der Waals surface area (Å²) in [7, 11) is 0. The van der Waals surface area contributed by atoms with Crippen LogP contribution in [0.1, 0.15) is 17.2 Å². The van der Waals surface area contributed by atoms with E-state index in [2.05, 4.69) is 6.58 Å². The van der Waals surface area contributed by atoms with Crippen molar-refractivity contribution in [2.24, 2.45) is 0 Å². The van der Waals surface area contributed by atoms with Gasteiger partial charge in [0, 0.05) is 5.56 Å². The smallest absolute Gasteiger partial charge is 0.129 e. The first-order valence-electron chi connectivity index (χ1n) is 5.97. The highest BCUT2D eigenvalue weighted by atomic mass is 19.1. The third kappa shape index (κ3) is 3.42. The highest BCUT2D eigenvalue weighted by Crippen LogP contribution is 2.23. The Labute approximate surface area is 111 Å². The van der Waals surface area contributed by atoms with Crippen molar-refractivity contribution in [1.29, 1.82) is 0 Å². The fourth-order valence-corrected chi connectivity index (χ4v) is 1.71. The van der Waals surface area contributed by atoms with Crippen molar-refractivity contribution in [1.82, 2.24) is 0 Å². The van der Waals surface area contributed by atoms with Gasteiger partial charge >= 0.3 is 0 Å². The Bertz CT molecular complexity index is 552. The SMILES string of the molecule is C=CC(O)c1cc(OCc2ccccc2)ccc1F. The second-order valence-electron chi connectivity index (χ2n) is 4.14. The lowest BCUT2D eigenvalue weighted by atomic mass is 10.1. The first-order chi connectivity index (χ1) is 9.20. The molecule has 3 heteroatoms. The standard InChI is InChI=1S/C16H15FO2/c1-2-16(18)14-10-13(8-9-15(14)17)19-11-12-6-4-3-5-7-12/h2-10,16,18H,1,11H2. The van der Waals surface area contributed by atoms with Gasteiger partial charge in [-0.25, -0.2) is 4.39 Å². The number of hydrogen-bond donors (Lipinski definition) is 1. The van der Waals surface area contributed by atoms with Crippen LogP contribution in [-0.2, 0) is 6.61 Å². The molecule has 19 heavy (non-hydrogen) atoms. The molecule has 0 heterocycles. The Hall–Kier alpha value is -2.13. The zero-order chi connectivity index (χ0) is 13.7. The molecule has 0 aromatic heterocycles. The van der Waals surface area contributed by atoms with Gasteiger partial charge in [-0.05, 0) is 23.8 Å². The van der Waals surface area contributed by atoms with Crippen molar-refractivity contribution in [2.75, 3.05) is 0 Å². The van der Waals surface area contributed by atoms with Gasteiger partial charge in [0.15, 0.2) is 0 Å². The van der Waals surface area contributed by atoms with Gasteiger partial charge in [0.1, 0.15) is 18.2 Å². The van der Waals surface area contributed by atoms with Crippen LogP contribution >= 0.6 is 0 Å². The number of halogens is 1. The van der Waals surface area contributed by atoms with Crippen LogP contribution < -0.4 is 4.74 Å². The second-order valence-corrected chi connectivity index (χ2v) is 4.14. The molecule has 2 aromatic rings. The minimum absolute atomic E-state index is 0.167. The molecule has 0 saturated heterocycles. The lowest BCUT2D eigenvalue weighted by Crippen LogP contribution is -2.00. The van der Waals surface area contributed by atoms with E-state index in [0.29, 0.717) is 12.4 Å². The summed E-state index contributed by atoms with van der Waals surface area (Å²) >= 11 is 0. The Morgan fingerprint density at radius 2 is 1.95 bits per heavy atom. The highest BCUT2D eigenvalue weighted by Gasteiger charge is 2.10. The number of ether oxygens (including phenoxy) is 1. The fourth-order valence-electron chi connectivity index (χ4n) is 1.71. The number of aliphatic hydroxyl groups excluding tert-OH is 1. The van der Waals surface area contributed by atoms with Gasteiger partial charge in [0.05, 0.1) is 6.10 Å². The topological polar surface area (TPSA) is 29.5 Å². The van der Waals surface area contributed by atoms with Crippen molar-refractivity contribution in [3.63, 3.8) is 0 Å². The van der Waals surface area contributed by atoms with Gasteiger partial charge in [-0.1, -0.05) is 36.4 Å². The van der Waals surface area contributed by atoms with Gasteiger partial charge in [-0.2, -0.15) is 0 Å². The van der Waals surface area contributed by atoms with Crippen molar-refractivity contribution in [3.8, 4) is 5.75 Å². The maximum Gasteiger partial charge on any atom is 0.129 e. The number of benzene rings is 2. The monoisotopic (exact) mass is 258 g/mol. The second kappa shape index (κ2) is 6.16. The van der Waals surface area contributed by atoms with Crippen molar-refractivity contribution in [3.05, 3.63) is 78.1 Å². The molecular weight excluding hydrogens is 243 g/mol. The van der Waals surface area contributed by atoms with Gasteiger partial charge in [-0.3, -0.25) is 0 Å². The fraction of sp³-hybridized carbons (Fsp3) is 0.125. The molecule has 0 bridgehead atoms. The maximum atomic E-state index is 13.5. The molecule has 0 aliphatic heterocycles. The summed E-state index contributed by atoms with van der Waals surface area (Å²) in [6.45, 7) is 3.84. The van der Waals surface area contributed by atoms with Crippen molar-refractivity contribution < 1.29 is 14.2 Å². The molecule has 2 aromatic carbocycles. The molecule has 0 spiro atoms. The predicted octanol–water partition coefficient (Wildman–Crippen LogP) is 3.62. The van der Waals surface area contributed by atoms with E-state index in [1.54, 1.807) is 0 Å². The van der Waals surface area contributed by atoms with Crippen LogP contribution in [0.15, 0.2) is 61.2 Å². The molecule has 0 aliphatic rings. The number of aliphatic hydroxyl groups is 1. The first-order valence-corrected chi connectivity index (χ1v) is 5.97. The van der Waals surface area contributed by atoms with E-state index in [9.17, 15) is 9.50 Å². The molecule has 0 saturated carbocycles. The summed E-state index contributed by atoms with van der Waals surface area (Å²) in [4.78, 5) is 0. The molecule has 1 N–H and O–H groups in total. The Balaban J connectivity index is 2.11. The van der Waals surface area contributed by atoms with E-state index < -0.39 is 11.9 Å². The van der Waals surface area contributed by atoms with Crippen molar-refractivity contribution in [2.45, 2.75) is 12.7 Å². The van der Waals surface area contributed by atoms with Gasteiger partial charge in [0.2, 0.25) is 0 Å². The zero-order valence-electron chi connectivity index (χ0n) is 10.4. The van der Waals surface area contributed by atoms with Gasteiger partial charge in [0.25, 0.3) is 0 Å². The van der Waals surface area contributed by atoms with E-state index in [1.807, 2.05) is 30.3 Å². The average molecular weight is 258 g/mol. The van der Waals surface area contributed by atoms with Gasteiger partial charge in [-0.15, -0.1) is 6.58 Å². The van der Waals surface area contributed by atoms with Crippen LogP contribution in [-0.4, -0.2) is 5.11 Å². The summed E-state index contributed by atoms with van der Waals surface area (Å²) in [5.74, 6) is 0.0422. The maximum absolute atomic E-state index is 13.5. The van der Waals surface area contributed by atoms with Gasteiger partial charge < -0.3 is 9.84 Å². The molecule has 2 rings (SSSR count). The Morgan fingerprint density at radius 3 is 2.63 bits per heavy atom. The van der Waals surface area contributed by atoms with Crippen LogP contribution in [0.3, 0.4) is 0 Å². The molecule has 1 atom stereocenters. The molecule has 0 aliphatic carbocycles. The number of rotatable bonds is 5. The van der Waals surface area contributed by atoms with E-state index in [1.165, 1.54) is 24.3 Å². The average Bonchev–Trinajstić information content (AvgIpc) is 2.46. The van der Waals surface area contributed by atoms with E-state index in [0.717, 1.165) is 5.56 Å². The third-order valence-corrected chi connectivity index (χ3v) is 2.76. The highest BCUT2D eigenvalue weighted by molar-refractivity contribution is 5.33. The third-order valence-electron chi connectivity index (χ3n) is 2.76. The van der Waals surface area contributed by atoms with E-state index in [4.69, 9.17) is 4.74 Å².